The predicted octanol–water partition coefficient (Wildman–Crippen LogP) is 1.52. The van der Waals surface area contributed by atoms with Crippen molar-refractivity contribution in [3.63, 3.8) is 0 Å². The minimum atomic E-state index is -1.27. The summed E-state index contributed by atoms with van der Waals surface area (Å²) in [6.07, 6.45) is 0.226. The molecule has 1 atom stereocenters. The summed E-state index contributed by atoms with van der Waals surface area (Å²) in [5, 5.41) is 9.06. The highest BCUT2D eigenvalue weighted by molar-refractivity contribution is 6.02. The number of esters is 2. The van der Waals surface area contributed by atoms with E-state index in [1.54, 1.807) is 0 Å². The topological polar surface area (TPSA) is 103 Å². The quantitative estimate of drug-likeness (QED) is 0.793. The van der Waals surface area contributed by atoms with Gasteiger partial charge in [-0.3, -0.25) is 0 Å². The summed E-state index contributed by atoms with van der Waals surface area (Å²) in [5.74, 6) is -2.91. The third kappa shape index (κ3) is 4.55. The Balaban J connectivity index is 2.98. The molecular weight excluding hydrogens is 278 g/mol. The second kappa shape index (κ2) is 7.37. The van der Waals surface area contributed by atoms with Gasteiger partial charge < -0.3 is 14.6 Å². The molecule has 0 unspecified atom stereocenters. The zero-order valence-electron chi connectivity index (χ0n) is 12.0. The number of aromatic nitrogens is 1. The smallest absolute Gasteiger partial charge is 0.357 e. The van der Waals surface area contributed by atoms with Crippen molar-refractivity contribution < 1.29 is 29.0 Å². The van der Waals surface area contributed by atoms with Gasteiger partial charge in [-0.15, -0.1) is 0 Å². The highest BCUT2D eigenvalue weighted by Gasteiger charge is 2.27. The van der Waals surface area contributed by atoms with Crippen LogP contribution in [0.1, 0.15) is 41.1 Å². The Morgan fingerprint density at radius 3 is 2.48 bits per heavy atom. The van der Waals surface area contributed by atoms with Crippen LogP contribution >= 0.6 is 0 Å². The van der Waals surface area contributed by atoms with Crippen LogP contribution in [-0.2, 0) is 14.3 Å². The zero-order chi connectivity index (χ0) is 16.0. The molecule has 1 heterocycles. The molecule has 0 saturated carbocycles. The van der Waals surface area contributed by atoms with Gasteiger partial charge >= 0.3 is 17.9 Å². The largest absolute Gasteiger partial charge is 0.479 e. The molecule has 21 heavy (non-hydrogen) atoms. The number of pyridine rings is 1. The number of methoxy groups -OCH3 is 1. The number of nitrogens with zero attached hydrogens (tertiary/aromatic N) is 1. The van der Waals surface area contributed by atoms with Crippen LogP contribution < -0.4 is 0 Å². The Hall–Kier alpha value is -2.44. The van der Waals surface area contributed by atoms with E-state index in [1.165, 1.54) is 18.3 Å². The second-order valence-electron chi connectivity index (χ2n) is 4.75. The van der Waals surface area contributed by atoms with Crippen molar-refractivity contribution in [1.29, 1.82) is 0 Å². The maximum absolute atomic E-state index is 12.0. The van der Waals surface area contributed by atoms with E-state index in [9.17, 15) is 14.4 Å². The maximum atomic E-state index is 12.0. The van der Waals surface area contributed by atoms with Crippen LogP contribution in [0.15, 0.2) is 18.3 Å². The lowest BCUT2D eigenvalue weighted by atomic mass is 10.1. The Kier molecular flexibility index (Phi) is 5.83. The van der Waals surface area contributed by atoms with Crippen LogP contribution in [0.3, 0.4) is 0 Å². The molecule has 7 nitrogen and oxygen atoms in total. The number of hydrogen-bond acceptors (Lipinski definition) is 6. The van der Waals surface area contributed by atoms with Gasteiger partial charge in [-0.25, -0.2) is 19.4 Å². The number of carboxylic acid groups (broad SMARTS) is 1. The fraction of sp³-hybridized carbons (Fsp3) is 0.429. The first-order chi connectivity index (χ1) is 9.86. The van der Waals surface area contributed by atoms with Crippen molar-refractivity contribution in [2.45, 2.75) is 26.4 Å². The van der Waals surface area contributed by atoms with E-state index in [2.05, 4.69) is 9.72 Å². The van der Waals surface area contributed by atoms with E-state index < -0.39 is 24.0 Å². The second-order valence-corrected chi connectivity index (χ2v) is 4.75. The van der Waals surface area contributed by atoms with Crippen molar-refractivity contribution in [3.05, 3.63) is 29.6 Å². The molecule has 0 bridgehead atoms. The molecule has 0 spiro atoms. The van der Waals surface area contributed by atoms with Gasteiger partial charge in [0.1, 0.15) is 0 Å². The van der Waals surface area contributed by atoms with Gasteiger partial charge in [0, 0.05) is 6.20 Å². The molecule has 7 heteroatoms. The van der Waals surface area contributed by atoms with Gasteiger partial charge in [0.15, 0.2) is 11.8 Å². The van der Waals surface area contributed by atoms with Gasteiger partial charge in [0.25, 0.3) is 0 Å². The molecule has 1 aromatic rings. The summed E-state index contributed by atoms with van der Waals surface area (Å²) in [5.41, 5.74) is -0.335. The summed E-state index contributed by atoms with van der Waals surface area (Å²) in [6, 6.07) is 2.77. The summed E-state index contributed by atoms with van der Waals surface area (Å²) < 4.78 is 9.48. The summed E-state index contributed by atoms with van der Waals surface area (Å²) in [6.45, 7) is 3.63. The summed E-state index contributed by atoms with van der Waals surface area (Å²) >= 11 is 0. The van der Waals surface area contributed by atoms with E-state index in [1.807, 2.05) is 13.8 Å². The van der Waals surface area contributed by atoms with Crippen molar-refractivity contribution in [3.8, 4) is 0 Å². The number of rotatable bonds is 6. The normalized spacial score (nSPS) is 11.8. The van der Waals surface area contributed by atoms with E-state index in [0.717, 1.165) is 7.11 Å². The van der Waals surface area contributed by atoms with Crippen LogP contribution in [0.4, 0.5) is 0 Å². The molecule has 0 amide bonds. The third-order valence-corrected chi connectivity index (χ3v) is 2.62. The SMILES string of the molecule is COC(=O)c1ncccc1C(=O)O[C@H](CC(C)C)C(=O)O. The lowest BCUT2D eigenvalue weighted by Crippen LogP contribution is -2.29. The molecule has 1 N–H and O–H groups in total. The molecule has 0 aliphatic rings. The van der Waals surface area contributed by atoms with E-state index >= 15 is 0 Å². The Bertz CT molecular complexity index is 540. The van der Waals surface area contributed by atoms with E-state index in [-0.39, 0.29) is 23.6 Å². The van der Waals surface area contributed by atoms with Gasteiger partial charge in [0.2, 0.25) is 0 Å². The Morgan fingerprint density at radius 2 is 1.95 bits per heavy atom. The Morgan fingerprint density at radius 1 is 1.29 bits per heavy atom. The van der Waals surface area contributed by atoms with Gasteiger partial charge in [-0.1, -0.05) is 13.8 Å². The lowest BCUT2D eigenvalue weighted by molar-refractivity contribution is -0.148. The van der Waals surface area contributed by atoms with Crippen molar-refractivity contribution in [1.82, 2.24) is 4.98 Å². The van der Waals surface area contributed by atoms with Crippen LogP contribution in [0.25, 0.3) is 0 Å². The molecule has 0 radical (unpaired) electrons. The number of carboxylic acids is 1. The summed E-state index contributed by atoms with van der Waals surface area (Å²) in [4.78, 5) is 38.4. The number of ether oxygens (including phenoxy) is 2. The molecule has 0 saturated heterocycles. The lowest BCUT2D eigenvalue weighted by Gasteiger charge is -2.16. The minimum Gasteiger partial charge on any atom is -0.479 e. The van der Waals surface area contributed by atoms with Gasteiger partial charge in [0.05, 0.1) is 12.7 Å². The van der Waals surface area contributed by atoms with Crippen LogP contribution in [-0.4, -0.2) is 41.2 Å². The van der Waals surface area contributed by atoms with Crippen molar-refractivity contribution in [2.24, 2.45) is 5.92 Å². The minimum absolute atomic E-state index is 0.0351. The first-order valence-electron chi connectivity index (χ1n) is 6.34. The molecular formula is C14H17NO6. The van der Waals surface area contributed by atoms with Gasteiger partial charge in [-0.05, 0) is 24.5 Å². The van der Waals surface area contributed by atoms with Crippen LogP contribution in [0.2, 0.25) is 0 Å². The third-order valence-electron chi connectivity index (χ3n) is 2.62. The number of carbonyl (C=O) groups excluding carboxylic acids is 2. The fourth-order valence-corrected chi connectivity index (χ4v) is 1.65. The standard InChI is InChI=1S/C14H17NO6/c1-8(2)7-10(12(16)17)21-13(18)9-5-4-6-15-11(9)14(19)20-3/h4-6,8,10H,7H2,1-3H3,(H,16,17)/t10-/m1/s1. The highest BCUT2D eigenvalue weighted by Crippen LogP contribution is 2.14. The zero-order valence-corrected chi connectivity index (χ0v) is 12.0. The van der Waals surface area contributed by atoms with Crippen LogP contribution in [0, 0.1) is 5.92 Å². The first kappa shape index (κ1) is 16.6. The fourth-order valence-electron chi connectivity index (χ4n) is 1.65. The average molecular weight is 295 g/mol. The van der Waals surface area contributed by atoms with Crippen LogP contribution in [0.5, 0.6) is 0 Å². The highest BCUT2D eigenvalue weighted by atomic mass is 16.6. The molecule has 0 aliphatic heterocycles. The van der Waals surface area contributed by atoms with Crippen molar-refractivity contribution in [2.75, 3.05) is 7.11 Å². The molecule has 114 valence electrons. The predicted molar refractivity (Wildman–Crippen MR) is 71.9 cm³/mol. The van der Waals surface area contributed by atoms with E-state index in [4.69, 9.17) is 9.84 Å². The summed E-state index contributed by atoms with van der Waals surface area (Å²) in [7, 11) is 1.16. The monoisotopic (exact) mass is 295 g/mol. The molecule has 0 aliphatic carbocycles. The number of hydrogen-bond donors (Lipinski definition) is 1. The number of carbonyl (C=O) groups is 3. The molecule has 1 rings (SSSR count). The Labute approximate surface area is 121 Å². The molecule has 0 fully saturated rings. The first-order valence-corrected chi connectivity index (χ1v) is 6.34. The maximum Gasteiger partial charge on any atom is 0.357 e. The number of aliphatic carboxylic acids is 1. The van der Waals surface area contributed by atoms with Crippen molar-refractivity contribution >= 4 is 17.9 Å². The molecule has 1 aromatic heterocycles. The molecule has 0 aromatic carbocycles. The van der Waals surface area contributed by atoms with Gasteiger partial charge in [-0.2, -0.15) is 0 Å². The van der Waals surface area contributed by atoms with E-state index in [0.29, 0.717) is 0 Å². The average Bonchev–Trinajstić information content (AvgIpc) is 2.45.